The fourth-order valence-corrected chi connectivity index (χ4v) is 2.85. The molecule has 4 heteroatoms. The van der Waals surface area contributed by atoms with Crippen LogP contribution in [0.4, 0.5) is 0 Å². The van der Waals surface area contributed by atoms with Crippen LogP contribution in [0.25, 0.3) is 0 Å². The lowest BCUT2D eigenvalue weighted by Gasteiger charge is -2.46. The molecule has 23 heavy (non-hydrogen) atoms. The molecule has 3 atom stereocenters. The van der Waals surface area contributed by atoms with Crippen LogP contribution in [0.1, 0.15) is 66.9 Å². The molecule has 0 bridgehead atoms. The largest absolute Gasteiger partial charge is 0.493 e. The van der Waals surface area contributed by atoms with Crippen molar-refractivity contribution >= 4 is 0 Å². The van der Waals surface area contributed by atoms with E-state index >= 15 is 0 Å². The lowest BCUT2D eigenvalue weighted by molar-refractivity contribution is -0.0191. The Labute approximate surface area is 163 Å². The molecule has 2 aliphatic heterocycles. The number of fused-ring (bicyclic) bond motifs is 3. The number of piperidine rings is 1. The summed E-state index contributed by atoms with van der Waals surface area (Å²) >= 11 is 0. The molecule has 0 spiro atoms. The highest BCUT2D eigenvalue weighted by Crippen LogP contribution is 2.43. The van der Waals surface area contributed by atoms with E-state index in [4.69, 9.17) is 31.4 Å². The SMILES string of the molecule is [2H]c1c2c(c([2H])c(OC)c1OC([2H])([2H])[2H])C1([2H])CC(O)C(C([2H])([2H])C([2H])(C([2H])([2H])[2H])C([2H])([2H])[2H])C([2H])([2H])N1CC2. The zero-order valence-corrected chi connectivity index (χ0v) is 12.5. The van der Waals surface area contributed by atoms with Gasteiger partial charge in [0, 0.05) is 34.1 Å². The number of aliphatic hydroxyl groups excluding tert-OH is 1. The molecule has 3 rings (SSSR count). The van der Waals surface area contributed by atoms with Crippen molar-refractivity contribution in [2.45, 2.75) is 45.0 Å². The average Bonchev–Trinajstić information content (AvgIpc) is 2.72. The van der Waals surface area contributed by atoms with E-state index in [0.29, 0.717) is 0 Å². The molecule has 0 aliphatic carbocycles. The molecule has 2 aliphatic rings. The van der Waals surface area contributed by atoms with Crippen LogP contribution in [0.2, 0.25) is 0 Å². The first-order valence-electron chi connectivity index (χ1n) is 15.6. The van der Waals surface area contributed by atoms with Gasteiger partial charge < -0.3 is 14.6 Å². The Bertz CT molecular complexity index is 1150. The second kappa shape index (κ2) is 6.70. The molecule has 1 saturated heterocycles. The molecule has 128 valence electrons. The molecular formula is C19H29NO3. The predicted molar refractivity (Wildman–Crippen MR) is 91.1 cm³/mol. The van der Waals surface area contributed by atoms with Crippen LogP contribution >= 0.6 is 0 Å². The Balaban J connectivity index is 2.26. The minimum Gasteiger partial charge on any atom is -0.493 e. The zero-order chi connectivity index (χ0) is 31.2. The number of rotatable bonds is 4. The van der Waals surface area contributed by atoms with E-state index in [0.717, 1.165) is 12.0 Å². The fraction of sp³-hybridized carbons (Fsp3) is 0.684. The van der Waals surface area contributed by atoms with Crippen molar-refractivity contribution < 1.29 is 37.9 Å². The monoisotopic (exact) mass is 336 g/mol. The highest BCUT2D eigenvalue weighted by molar-refractivity contribution is 5.49. The van der Waals surface area contributed by atoms with E-state index < -0.39 is 94.1 Å². The second-order valence-corrected chi connectivity index (χ2v) is 5.31. The second-order valence-electron chi connectivity index (χ2n) is 5.31. The first-order chi connectivity index (χ1) is 17.7. The Morgan fingerprint density at radius 3 is 3.13 bits per heavy atom. The molecule has 0 saturated carbocycles. The number of benzene rings is 1. The van der Waals surface area contributed by atoms with E-state index in [2.05, 4.69) is 0 Å². The summed E-state index contributed by atoms with van der Waals surface area (Å²) in [5, 5.41) is 11.1. The number of nitrogens with zero attached hydrogens (tertiary/aromatic N) is 1. The third-order valence-electron chi connectivity index (χ3n) is 3.90. The highest BCUT2D eigenvalue weighted by Gasteiger charge is 2.38. The fourth-order valence-electron chi connectivity index (χ4n) is 2.85. The average molecular weight is 337 g/mol. The van der Waals surface area contributed by atoms with E-state index in [1.165, 1.54) is 0 Å². The zero-order valence-electron chi connectivity index (χ0n) is 29.5. The highest BCUT2D eigenvalue weighted by atomic mass is 16.5. The van der Waals surface area contributed by atoms with E-state index in [9.17, 15) is 6.48 Å². The number of hydrogen-bond acceptors (Lipinski definition) is 4. The van der Waals surface area contributed by atoms with Gasteiger partial charge in [0.25, 0.3) is 0 Å². The molecule has 0 amide bonds. The Morgan fingerprint density at radius 1 is 1.57 bits per heavy atom. The summed E-state index contributed by atoms with van der Waals surface area (Å²) in [4.78, 5) is 0.734. The van der Waals surface area contributed by atoms with Crippen molar-refractivity contribution in [3.8, 4) is 11.5 Å². The number of hydrogen-bond donors (Lipinski definition) is 1. The van der Waals surface area contributed by atoms with Crippen molar-refractivity contribution in [2.75, 3.05) is 27.2 Å². The molecule has 4 nitrogen and oxygen atoms in total. The van der Waals surface area contributed by atoms with Gasteiger partial charge in [-0.3, -0.25) is 4.90 Å². The lowest BCUT2D eigenvalue weighted by atomic mass is 9.79. The molecule has 1 fully saturated rings. The van der Waals surface area contributed by atoms with Gasteiger partial charge in [-0.25, -0.2) is 0 Å². The summed E-state index contributed by atoms with van der Waals surface area (Å²) in [7, 11) is -1.98. The summed E-state index contributed by atoms with van der Waals surface area (Å²) < 4.78 is 148. The Morgan fingerprint density at radius 2 is 2.39 bits per heavy atom. The normalized spacial score (nSPS) is 46.4. The number of aliphatic hydroxyl groups is 1. The Kier molecular flexibility index (Phi) is 1.64. The van der Waals surface area contributed by atoms with Crippen LogP contribution in [-0.4, -0.2) is 43.3 Å². The van der Waals surface area contributed by atoms with Gasteiger partial charge in [0.2, 0.25) is 0 Å². The summed E-state index contributed by atoms with van der Waals surface area (Å²) in [5.41, 5.74) is -0.412. The molecule has 0 radical (unpaired) electrons. The molecule has 0 aromatic heterocycles. The minimum atomic E-state index is -3.89. The molecule has 2 heterocycles. The third-order valence-corrected chi connectivity index (χ3v) is 3.90. The van der Waals surface area contributed by atoms with Crippen LogP contribution in [0, 0.1) is 11.8 Å². The van der Waals surface area contributed by atoms with Gasteiger partial charge in [-0.05, 0) is 54.2 Å². The standard InChI is InChI=1S/C19H29NO3/c1-12(2)7-14-11-20-6-5-13-8-18(22-3)19(23-4)9-15(13)16(20)10-17(14)21/h8-9,12,14,16-17,21H,5-7,10-11H2,1-4H3/i1D3,2D3,3D3,7D2,8D,9D,11D2,12D,16D. The molecule has 1 aromatic carbocycles. The minimum absolute atomic E-state index is 0.0689. The van der Waals surface area contributed by atoms with Crippen molar-refractivity contribution in [3.63, 3.8) is 0 Å². The van der Waals surface area contributed by atoms with Crippen molar-refractivity contribution in [1.29, 1.82) is 0 Å². The molecule has 1 aromatic rings. The smallest absolute Gasteiger partial charge is 0.161 e. The number of methoxy groups -OCH3 is 2. The summed E-state index contributed by atoms with van der Waals surface area (Å²) in [6.07, 6.45) is -7.11. The third kappa shape index (κ3) is 3.20. The molecule has 1 N–H and O–H groups in total. The van der Waals surface area contributed by atoms with Gasteiger partial charge in [-0.15, -0.1) is 0 Å². The first-order valence-corrected chi connectivity index (χ1v) is 7.07. The maximum absolute atomic E-state index is 11.1. The van der Waals surface area contributed by atoms with Gasteiger partial charge >= 0.3 is 0 Å². The molecular weight excluding hydrogens is 290 g/mol. The van der Waals surface area contributed by atoms with Crippen LogP contribution in [0.5, 0.6) is 11.5 Å². The van der Waals surface area contributed by atoms with Gasteiger partial charge in [-0.1, -0.05) is 13.7 Å². The summed E-state index contributed by atoms with van der Waals surface area (Å²) in [6, 6.07) is -3.59. The van der Waals surface area contributed by atoms with E-state index in [1.54, 1.807) is 0 Å². The predicted octanol–water partition coefficient (Wildman–Crippen LogP) is 3.03. The van der Waals surface area contributed by atoms with Crippen LogP contribution in [0.3, 0.4) is 0 Å². The van der Waals surface area contributed by atoms with E-state index in [1.807, 2.05) is 0 Å². The summed E-state index contributed by atoms with van der Waals surface area (Å²) in [5.74, 6) is -7.49. The quantitative estimate of drug-likeness (QED) is 0.918. The van der Waals surface area contributed by atoms with Gasteiger partial charge in [0.15, 0.2) is 11.5 Å². The van der Waals surface area contributed by atoms with Crippen molar-refractivity contribution in [3.05, 3.63) is 23.2 Å². The topological polar surface area (TPSA) is 41.9 Å². The maximum Gasteiger partial charge on any atom is 0.161 e. The van der Waals surface area contributed by atoms with Gasteiger partial charge in [-0.2, -0.15) is 0 Å². The van der Waals surface area contributed by atoms with Gasteiger partial charge in [0.05, 0.1) is 28.5 Å². The van der Waals surface area contributed by atoms with Crippen molar-refractivity contribution in [2.24, 2.45) is 11.8 Å². The number of ether oxygens (including phenoxy) is 2. The van der Waals surface area contributed by atoms with Crippen LogP contribution in [0.15, 0.2) is 12.1 Å². The summed E-state index contributed by atoms with van der Waals surface area (Å²) in [6.45, 7) is -11.2. The lowest BCUT2D eigenvalue weighted by Crippen LogP contribution is -2.48. The maximum atomic E-state index is 11.1. The Hall–Kier alpha value is -1.26. The van der Waals surface area contributed by atoms with Gasteiger partial charge in [0.1, 0.15) is 0 Å². The van der Waals surface area contributed by atoms with Crippen molar-refractivity contribution in [1.82, 2.24) is 4.90 Å². The van der Waals surface area contributed by atoms with Crippen LogP contribution in [-0.2, 0) is 6.42 Å². The van der Waals surface area contributed by atoms with Crippen LogP contribution < -0.4 is 9.47 Å². The van der Waals surface area contributed by atoms with E-state index in [-0.39, 0.29) is 17.5 Å². The first kappa shape index (κ1) is 5.63. The molecule has 3 unspecified atom stereocenters.